The Bertz CT molecular complexity index is 1070. The van der Waals surface area contributed by atoms with E-state index in [0.717, 1.165) is 51.0 Å². The molecule has 2 heterocycles. The monoisotopic (exact) mass is 458 g/mol. The van der Waals surface area contributed by atoms with Crippen LogP contribution < -0.4 is 5.32 Å². The van der Waals surface area contributed by atoms with Crippen LogP contribution in [0.4, 0.5) is 0 Å². The molecular weight excluding hydrogens is 424 g/mol. The normalized spacial score (nSPS) is 18.4. The fraction of sp³-hybridized carbons (Fsp3) is 0.444. The highest BCUT2D eigenvalue weighted by Gasteiger charge is 2.32. The first kappa shape index (κ1) is 22.7. The average molecular weight is 459 g/mol. The molecule has 1 amide bonds. The Morgan fingerprint density at radius 2 is 1.74 bits per heavy atom. The largest absolute Gasteiger partial charge is 0.355 e. The van der Waals surface area contributed by atoms with Crippen molar-refractivity contribution in [3.8, 4) is 0 Å². The molecule has 178 valence electrons. The molecule has 1 saturated carbocycles. The van der Waals surface area contributed by atoms with Crippen LogP contribution in [0.5, 0.6) is 0 Å². The molecule has 0 radical (unpaired) electrons. The molecular formula is C27H34N6O. The van der Waals surface area contributed by atoms with Crippen molar-refractivity contribution in [2.45, 2.75) is 44.3 Å². The Morgan fingerprint density at radius 1 is 1.00 bits per heavy atom. The number of carbonyl (C=O) groups excluding carboxylic acids is 1. The van der Waals surface area contributed by atoms with Crippen molar-refractivity contribution >= 4 is 5.91 Å². The SMILES string of the molecule is CNC(=O)c1ccc(CC(c2nncn2Cc2ccccc2)N2CCN(C3CCC3)CC2)cc1. The second-order valence-electron chi connectivity index (χ2n) is 9.46. The fourth-order valence-electron chi connectivity index (χ4n) is 5.13. The molecule has 1 aromatic heterocycles. The van der Waals surface area contributed by atoms with E-state index in [4.69, 9.17) is 0 Å². The third-order valence-electron chi connectivity index (χ3n) is 7.39. The van der Waals surface area contributed by atoms with Gasteiger partial charge in [-0.1, -0.05) is 48.9 Å². The van der Waals surface area contributed by atoms with E-state index in [1.54, 1.807) is 7.05 Å². The van der Waals surface area contributed by atoms with Crippen LogP contribution >= 0.6 is 0 Å². The quantitative estimate of drug-likeness (QED) is 0.562. The summed E-state index contributed by atoms with van der Waals surface area (Å²) in [5.74, 6) is 0.953. The Labute approximate surface area is 201 Å². The van der Waals surface area contributed by atoms with Gasteiger partial charge >= 0.3 is 0 Å². The van der Waals surface area contributed by atoms with E-state index < -0.39 is 0 Å². The summed E-state index contributed by atoms with van der Waals surface area (Å²) in [6.45, 7) is 5.07. The molecule has 2 aromatic carbocycles. The molecule has 7 heteroatoms. The standard InChI is InChI=1S/C27H34N6O/c1-28-27(34)23-12-10-21(11-13-23)18-25(32-16-14-31(15-17-32)24-8-5-9-24)26-30-29-20-33(26)19-22-6-3-2-4-7-22/h2-4,6-7,10-13,20,24-25H,5,8-9,14-19H2,1H3,(H,28,34). The van der Waals surface area contributed by atoms with E-state index in [9.17, 15) is 4.79 Å². The molecule has 1 saturated heterocycles. The van der Waals surface area contributed by atoms with Crippen molar-refractivity contribution in [1.82, 2.24) is 29.9 Å². The summed E-state index contributed by atoms with van der Waals surface area (Å²) in [6, 6.07) is 19.4. The van der Waals surface area contributed by atoms with E-state index in [1.165, 1.54) is 30.4 Å². The predicted octanol–water partition coefficient (Wildman–Crippen LogP) is 3.14. The highest BCUT2D eigenvalue weighted by atomic mass is 16.1. The molecule has 34 heavy (non-hydrogen) atoms. The van der Waals surface area contributed by atoms with E-state index in [-0.39, 0.29) is 11.9 Å². The number of aromatic nitrogens is 3. The van der Waals surface area contributed by atoms with E-state index in [0.29, 0.717) is 5.56 Å². The molecule has 0 spiro atoms. The second kappa shape index (κ2) is 10.5. The number of hydrogen-bond acceptors (Lipinski definition) is 5. The smallest absolute Gasteiger partial charge is 0.251 e. The van der Waals surface area contributed by atoms with Gasteiger partial charge in [0.25, 0.3) is 5.91 Å². The summed E-state index contributed by atoms with van der Waals surface area (Å²) in [6.07, 6.45) is 6.78. The van der Waals surface area contributed by atoms with Gasteiger partial charge in [0.2, 0.25) is 0 Å². The molecule has 1 aliphatic heterocycles. The first-order chi connectivity index (χ1) is 16.7. The molecule has 2 fully saturated rings. The number of nitrogens with one attached hydrogen (secondary N) is 1. The van der Waals surface area contributed by atoms with Crippen LogP contribution in [0.3, 0.4) is 0 Å². The minimum Gasteiger partial charge on any atom is -0.355 e. The Kier molecular flexibility index (Phi) is 7.02. The van der Waals surface area contributed by atoms with Gasteiger partial charge < -0.3 is 9.88 Å². The lowest BCUT2D eigenvalue weighted by Crippen LogP contribution is -2.53. The zero-order valence-corrected chi connectivity index (χ0v) is 19.9. The van der Waals surface area contributed by atoms with Gasteiger partial charge in [-0.15, -0.1) is 10.2 Å². The Morgan fingerprint density at radius 3 is 2.38 bits per heavy atom. The molecule has 0 bridgehead atoms. The highest BCUT2D eigenvalue weighted by molar-refractivity contribution is 5.93. The number of piperazine rings is 1. The summed E-state index contributed by atoms with van der Waals surface area (Å²) >= 11 is 0. The van der Waals surface area contributed by atoms with Gasteiger partial charge in [0, 0.05) is 44.8 Å². The molecule has 1 N–H and O–H groups in total. The van der Waals surface area contributed by atoms with E-state index in [1.807, 2.05) is 24.5 Å². The van der Waals surface area contributed by atoms with Crippen molar-refractivity contribution in [3.05, 3.63) is 83.4 Å². The van der Waals surface area contributed by atoms with Crippen molar-refractivity contribution < 1.29 is 4.79 Å². The zero-order valence-electron chi connectivity index (χ0n) is 19.9. The number of amides is 1. The summed E-state index contributed by atoms with van der Waals surface area (Å²) in [4.78, 5) is 17.2. The van der Waals surface area contributed by atoms with E-state index in [2.05, 4.69) is 66.3 Å². The summed E-state index contributed by atoms with van der Waals surface area (Å²) < 4.78 is 2.19. The van der Waals surface area contributed by atoms with Gasteiger partial charge in [0.05, 0.1) is 12.6 Å². The molecule has 5 rings (SSSR count). The van der Waals surface area contributed by atoms with Gasteiger partial charge in [-0.2, -0.15) is 0 Å². The van der Waals surface area contributed by atoms with Crippen molar-refractivity contribution in [3.63, 3.8) is 0 Å². The second-order valence-corrected chi connectivity index (χ2v) is 9.46. The van der Waals surface area contributed by atoms with Crippen LogP contribution in [0.1, 0.15) is 52.6 Å². The number of rotatable bonds is 8. The van der Waals surface area contributed by atoms with Gasteiger partial charge in [-0.3, -0.25) is 14.6 Å². The third kappa shape index (κ3) is 5.05. The maximum atomic E-state index is 12.0. The molecule has 7 nitrogen and oxygen atoms in total. The van der Waals surface area contributed by atoms with Crippen LogP contribution in [0.25, 0.3) is 0 Å². The van der Waals surface area contributed by atoms with Crippen LogP contribution in [0, 0.1) is 0 Å². The van der Waals surface area contributed by atoms with E-state index >= 15 is 0 Å². The minimum atomic E-state index is -0.0576. The first-order valence-corrected chi connectivity index (χ1v) is 12.4. The van der Waals surface area contributed by atoms with Gasteiger partial charge in [-0.25, -0.2) is 0 Å². The lowest BCUT2D eigenvalue weighted by atomic mass is 9.91. The van der Waals surface area contributed by atoms with Gasteiger partial charge in [0.15, 0.2) is 5.82 Å². The van der Waals surface area contributed by atoms with Crippen molar-refractivity contribution in [1.29, 1.82) is 0 Å². The average Bonchev–Trinajstić information content (AvgIpc) is 3.30. The zero-order chi connectivity index (χ0) is 23.3. The highest BCUT2D eigenvalue weighted by Crippen LogP contribution is 2.29. The Hall–Kier alpha value is -3.03. The summed E-state index contributed by atoms with van der Waals surface area (Å²) in [5.41, 5.74) is 3.13. The maximum Gasteiger partial charge on any atom is 0.251 e. The number of carbonyl (C=O) groups is 1. The Balaban J connectivity index is 1.37. The maximum absolute atomic E-state index is 12.0. The molecule has 2 aliphatic rings. The molecule has 1 atom stereocenters. The van der Waals surface area contributed by atoms with Crippen LogP contribution in [0.2, 0.25) is 0 Å². The lowest BCUT2D eigenvalue weighted by molar-refractivity contribution is 0.0397. The lowest BCUT2D eigenvalue weighted by Gasteiger charge is -2.44. The third-order valence-corrected chi connectivity index (χ3v) is 7.39. The molecule has 1 aliphatic carbocycles. The topological polar surface area (TPSA) is 66.3 Å². The molecule has 1 unspecified atom stereocenters. The van der Waals surface area contributed by atoms with Crippen LogP contribution in [-0.4, -0.2) is 69.7 Å². The van der Waals surface area contributed by atoms with Crippen LogP contribution in [-0.2, 0) is 13.0 Å². The predicted molar refractivity (Wildman–Crippen MR) is 133 cm³/mol. The number of hydrogen-bond donors (Lipinski definition) is 1. The summed E-state index contributed by atoms with van der Waals surface area (Å²) in [5, 5.41) is 11.6. The number of nitrogens with zero attached hydrogens (tertiary/aromatic N) is 5. The van der Waals surface area contributed by atoms with Crippen molar-refractivity contribution in [2.24, 2.45) is 0 Å². The molecule has 3 aromatic rings. The van der Waals surface area contributed by atoms with Gasteiger partial charge in [0.1, 0.15) is 6.33 Å². The first-order valence-electron chi connectivity index (χ1n) is 12.4. The van der Waals surface area contributed by atoms with Gasteiger partial charge in [-0.05, 0) is 42.5 Å². The summed E-state index contributed by atoms with van der Waals surface area (Å²) in [7, 11) is 1.66. The minimum absolute atomic E-state index is 0.0576. The van der Waals surface area contributed by atoms with Crippen LogP contribution in [0.15, 0.2) is 60.9 Å². The fourth-order valence-corrected chi connectivity index (χ4v) is 5.13. The van der Waals surface area contributed by atoms with Crippen molar-refractivity contribution in [2.75, 3.05) is 33.2 Å². The number of benzene rings is 2.